The van der Waals surface area contributed by atoms with Crippen molar-refractivity contribution in [2.45, 2.75) is 24.0 Å². The van der Waals surface area contributed by atoms with Crippen LogP contribution in [0.15, 0.2) is 24.3 Å². The number of nitrogens with one attached hydrogen (secondary N) is 1. The van der Waals surface area contributed by atoms with Gasteiger partial charge in [0, 0.05) is 18.7 Å². The molecular weight excluding hydrogens is 263 g/mol. The molecule has 0 aliphatic carbocycles. The molecule has 1 heterocycles. The highest BCUT2D eigenvalue weighted by Gasteiger charge is 2.40. The van der Waals surface area contributed by atoms with Gasteiger partial charge in [-0.1, -0.05) is 25.1 Å². The second-order valence-corrected chi connectivity index (χ2v) is 5.83. The second-order valence-electron chi connectivity index (χ2n) is 4.54. The summed E-state index contributed by atoms with van der Waals surface area (Å²) in [6.07, 6.45) is 0.782. The molecule has 0 radical (unpaired) electrons. The molecule has 3 nitrogen and oxygen atoms in total. The standard InChI is InChI=1S/C14H19FN2OS/c1-3-12-13(18)17(9-8-16-2)14(19-12)10-6-4-5-7-11(10)15/h4-7,12,14,16H,3,8-9H2,1-2H3/t12-,14-/m1/s1. The van der Waals surface area contributed by atoms with E-state index in [2.05, 4.69) is 5.32 Å². The Balaban J connectivity index is 2.26. The Hall–Kier alpha value is -1.07. The lowest BCUT2D eigenvalue weighted by atomic mass is 10.2. The van der Waals surface area contributed by atoms with Crippen molar-refractivity contribution in [2.24, 2.45) is 0 Å². The summed E-state index contributed by atoms with van der Waals surface area (Å²) in [5.41, 5.74) is 0.605. The quantitative estimate of drug-likeness (QED) is 0.900. The first-order chi connectivity index (χ1) is 9.19. The molecule has 0 aromatic heterocycles. The summed E-state index contributed by atoms with van der Waals surface area (Å²) in [5.74, 6) is -0.116. The van der Waals surface area contributed by atoms with Crippen molar-refractivity contribution in [3.05, 3.63) is 35.6 Å². The van der Waals surface area contributed by atoms with E-state index in [9.17, 15) is 9.18 Å². The zero-order chi connectivity index (χ0) is 13.8. The van der Waals surface area contributed by atoms with E-state index in [1.54, 1.807) is 28.8 Å². The average Bonchev–Trinajstić information content (AvgIpc) is 2.73. The fourth-order valence-electron chi connectivity index (χ4n) is 2.23. The van der Waals surface area contributed by atoms with Crippen molar-refractivity contribution < 1.29 is 9.18 Å². The summed E-state index contributed by atoms with van der Waals surface area (Å²) >= 11 is 1.55. The minimum atomic E-state index is -0.237. The number of benzene rings is 1. The number of carbonyl (C=O) groups is 1. The maximum Gasteiger partial charge on any atom is 0.236 e. The van der Waals surface area contributed by atoms with Crippen molar-refractivity contribution in [1.82, 2.24) is 10.2 Å². The number of amides is 1. The third-order valence-corrected chi connectivity index (χ3v) is 4.91. The van der Waals surface area contributed by atoms with Crippen molar-refractivity contribution in [1.29, 1.82) is 0 Å². The molecule has 1 aliphatic rings. The van der Waals surface area contributed by atoms with Crippen LogP contribution in [-0.4, -0.2) is 36.2 Å². The number of hydrogen-bond donors (Lipinski definition) is 1. The van der Waals surface area contributed by atoms with Crippen LogP contribution >= 0.6 is 11.8 Å². The van der Waals surface area contributed by atoms with Crippen LogP contribution in [-0.2, 0) is 4.79 Å². The van der Waals surface area contributed by atoms with Crippen LogP contribution in [0.4, 0.5) is 4.39 Å². The first-order valence-electron chi connectivity index (χ1n) is 6.54. The Morgan fingerprint density at radius 1 is 1.42 bits per heavy atom. The first kappa shape index (κ1) is 14.3. The highest BCUT2D eigenvalue weighted by Crippen LogP contribution is 2.44. The predicted molar refractivity (Wildman–Crippen MR) is 76.5 cm³/mol. The number of thioether (sulfide) groups is 1. The van der Waals surface area contributed by atoms with Gasteiger partial charge < -0.3 is 10.2 Å². The van der Waals surface area contributed by atoms with E-state index in [4.69, 9.17) is 0 Å². The third kappa shape index (κ3) is 2.92. The predicted octanol–water partition coefficient (Wildman–Crippen LogP) is 2.40. The number of halogens is 1. The van der Waals surface area contributed by atoms with Gasteiger partial charge in [-0.05, 0) is 19.5 Å². The summed E-state index contributed by atoms with van der Waals surface area (Å²) in [4.78, 5) is 14.1. The monoisotopic (exact) mass is 282 g/mol. The minimum absolute atomic E-state index is 0.0542. The van der Waals surface area contributed by atoms with Crippen LogP contribution in [0.25, 0.3) is 0 Å². The van der Waals surface area contributed by atoms with Gasteiger partial charge in [0.1, 0.15) is 11.2 Å². The SMILES string of the molecule is CC[C@H]1S[C@H](c2ccccc2F)N(CCNC)C1=O. The van der Waals surface area contributed by atoms with Gasteiger partial charge in [-0.15, -0.1) is 11.8 Å². The van der Waals surface area contributed by atoms with Crippen LogP contribution < -0.4 is 5.32 Å². The lowest BCUT2D eigenvalue weighted by molar-refractivity contribution is -0.130. The molecule has 1 aromatic carbocycles. The molecule has 5 heteroatoms. The zero-order valence-corrected chi connectivity index (χ0v) is 12.0. The molecule has 2 atom stereocenters. The van der Waals surface area contributed by atoms with Crippen molar-refractivity contribution in [2.75, 3.05) is 20.1 Å². The van der Waals surface area contributed by atoms with Crippen molar-refractivity contribution in [3.8, 4) is 0 Å². The summed E-state index contributed by atoms with van der Waals surface area (Å²) < 4.78 is 13.9. The van der Waals surface area contributed by atoms with E-state index >= 15 is 0 Å². The van der Waals surface area contributed by atoms with Crippen LogP contribution in [0.2, 0.25) is 0 Å². The van der Waals surface area contributed by atoms with Gasteiger partial charge in [0.25, 0.3) is 0 Å². The van der Waals surface area contributed by atoms with Crippen molar-refractivity contribution >= 4 is 17.7 Å². The lowest BCUT2D eigenvalue weighted by Gasteiger charge is -2.24. The van der Waals surface area contributed by atoms with Gasteiger partial charge >= 0.3 is 0 Å². The molecule has 0 saturated carbocycles. The fraction of sp³-hybridized carbons (Fsp3) is 0.500. The van der Waals surface area contributed by atoms with Gasteiger partial charge in [-0.3, -0.25) is 4.79 Å². The van der Waals surface area contributed by atoms with E-state index < -0.39 is 0 Å². The maximum absolute atomic E-state index is 13.9. The molecule has 0 spiro atoms. The molecule has 19 heavy (non-hydrogen) atoms. The van der Waals surface area contributed by atoms with E-state index in [1.165, 1.54) is 6.07 Å². The molecular formula is C14H19FN2OS. The number of likely N-dealkylation sites (N-methyl/N-ethyl adjacent to an activating group) is 1. The molecule has 104 valence electrons. The van der Waals surface area contributed by atoms with Crippen LogP contribution in [0, 0.1) is 5.82 Å². The molecule has 1 saturated heterocycles. The highest BCUT2D eigenvalue weighted by molar-refractivity contribution is 8.01. The Kier molecular flexibility index (Phi) is 4.82. The van der Waals surface area contributed by atoms with Crippen LogP contribution in [0.5, 0.6) is 0 Å². The van der Waals surface area contributed by atoms with Gasteiger partial charge in [-0.2, -0.15) is 0 Å². The molecule has 0 unspecified atom stereocenters. The Labute approximate surface area is 117 Å². The maximum atomic E-state index is 13.9. The van der Waals surface area contributed by atoms with E-state index in [1.807, 2.05) is 20.0 Å². The van der Waals surface area contributed by atoms with E-state index in [0.29, 0.717) is 18.7 Å². The number of rotatable bonds is 5. The third-order valence-electron chi connectivity index (χ3n) is 3.28. The number of hydrogen-bond acceptors (Lipinski definition) is 3. The average molecular weight is 282 g/mol. The molecule has 1 fully saturated rings. The molecule has 1 aliphatic heterocycles. The van der Waals surface area contributed by atoms with Gasteiger partial charge in [0.2, 0.25) is 5.91 Å². The minimum Gasteiger partial charge on any atom is -0.324 e. The van der Waals surface area contributed by atoms with E-state index in [-0.39, 0.29) is 22.3 Å². The lowest BCUT2D eigenvalue weighted by Crippen LogP contribution is -2.36. The molecule has 1 N–H and O–H groups in total. The molecule has 1 amide bonds. The van der Waals surface area contributed by atoms with Crippen LogP contribution in [0.3, 0.4) is 0 Å². The normalized spacial score (nSPS) is 23.1. The number of carbonyl (C=O) groups excluding carboxylic acids is 1. The van der Waals surface area contributed by atoms with E-state index in [0.717, 1.165) is 6.42 Å². The summed E-state index contributed by atoms with van der Waals surface area (Å²) in [6, 6.07) is 6.72. The van der Waals surface area contributed by atoms with Gasteiger partial charge in [-0.25, -0.2) is 4.39 Å². The summed E-state index contributed by atoms with van der Waals surface area (Å²) in [6.45, 7) is 3.32. The highest BCUT2D eigenvalue weighted by atomic mass is 32.2. The molecule has 0 bridgehead atoms. The first-order valence-corrected chi connectivity index (χ1v) is 7.48. The second kappa shape index (κ2) is 6.39. The Morgan fingerprint density at radius 2 is 2.16 bits per heavy atom. The Bertz CT molecular complexity index is 455. The van der Waals surface area contributed by atoms with Gasteiger partial charge in [0.15, 0.2) is 0 Å². The van der Waals surface area contributed by atoms with Crippen molar-refractivity contribution in [3.63, 3.8) is 0 Å². The molecule has 2 rings (SSSR count). The topological polar surface area (TPSA) is 32.3 Å². The zero-order valence-electron chi connectivity index (χ0n) is 11.2. The Morgan fingerprint density at radius 3 is 2.79 bits per heavy atom. The smallest absolute Gasteiger partial charge is 0.236 e. The summed E-state index contributed by atoms with van der Waals surface area (Å²) in [7, 11) is 1.85. The fourth-order valence-corrected chi connectivity index (χ4v) is 3.68. The molecule has 1 aromatic rings. The van der Waals surface area contributed by atoms with Gasteiger partial charge in [0.05, 0.1) is 5.25 Å². The number of nitrogens with zero attached hydrogens (tertiary/aromatic N) is 1. The largest absolute Gasteiger partial charge is 0.324 e. The summed E-state index contributed by atoms with van der Waals surface area (Å²) in [5, 5.41) is 2.78. The van der Waals surface area contributed by atoms with Crippen LogP contribution in [0.1, 0.15) is 24.3 Å².